The van der Waals surface area contributed by atoms with Gasteiger partial charge in [-0.3, -0.25) is 4.90 Å². The molecule has 29 heavy (non-hydrogen) atoms. The van der Waals surface area contributed by atoms with Gasteiger partial charge >= 0.3 is 6.09 Å². The maximum atomic E-state index is 12.8. The second-order valence-corrected chi connectivity index (χ2v) is 9.63. The standard InChI is InChI=1S/C23H26BrN3O2/c1-14-5-10-20(27(14)22(28)29-23(2,3)4)21-25-13-19(26-21)17-7-6-16-12-18(24)9-8-15(16)11-17/h6-9,11-14,20H,5,10H2,1-4H3,(H,25,26)/t14-,20?/m0/s1. The Kier molecular flexibility index (Phi) is 5.15. The van der Waals surface area contributed by atoms with Crippen LogP contribution < -0.4 is 0 Å². The molecule has 1 amide bonds. The van der Waals surface area contributed by atoms with E-state index in [0.717, 1.165) is 34.4 Å². The first-order valence-corrected chi connectivity index (χ1v) is 10.8. The summed E-state index contributed by atoms with van der Waals surface area (Å²) >= 11 is 3.52. The van der Waals surface area contributed by atoms with E-state index in [4.69, 9.17) is 4.74 Å². The van der Waals surface area contributed by atoms with Crippen molar-refractivity contribution >= 4 is 32.8 Å². The van der Waals surface area contributed by atoms with Crippen molar-refractivity contribution < 1.29 is 9.53 Å². The molecule has 5 nitrogen and oxygen atoms in total. The Morgan fingerprint density at radius 3 is 2.66 bits per heavy atom. The third kappa shape index (κ3) is 4.17. The first kappa shape index (κ1) is 20.0. The number of amides is 1. The lowest BCUT2D eigenvalue weighted by Crippen LogP contribution is -2.40. The lowest BCUT2D eigenvalue weighted by molar-refractivity contribution is 0.0152. The number of fused-ring (bicyclic) bond motifs is 1. The highest BCUT2D eigenvalue weighted by atomic mass is 79.9. The summed E-state index contributed by atoms with van der Waals surface area (Å²) in [5.74, 6) is 0.811. The summed E-state index contributed by atoms with van der Waals surface area (Å²) in [4.78, 5) is 22.7. The van der Waals surface area contributed by atoms with Gasteiger partial charge in [0, 0.05) is 16.1 Å². The molecule has 1 aliphatic heterocycles. The first-order valence-electron chi connectivity index (χ1n) is 9.97. The van der Waals surface area contributed by atoms with Crippen LogP contribution in [0.2, 0.25) is 0 Å². The van der Waals surface area contributed by atoms with E-state index in [9.17, 15) is 4.79 Å². The molecule has 0 saturated carbocycles. The molecule has 2 atom stereocenters. The van der Waals surface area contributed by atoms with Crippen molar-refractivity contribution in [3.8, 4) is 11.3 Å². The van der Waals surface area contributed by atoms with Crippen molar-refractivity contribution in [2.45, 2.75) is 58.2 Å². The molecule has 2 aromatic carbocycles. The molecule has 6 heteroatoms. The number of carbonyl (C=O) groups excluding carboxylic acids is 1. The minimum absolute atomic E-state index is 0.0926. The molecule has 152 valence electrons. The number of aromatic nitrogens is 2. The number of hydrogen-bond donors (Lipinski definition) is 1. The van der Waals surface area contributed by atoms with E-state index >= 15 is 0 Å². The highest BCUT2D eigenvalue weighted by molar-refractivity contribution is 9.10. The van der Waals surface area contributed by atoms with Gasteiger partial charge in [0.05, 0.1) is 17.9 Å². The number of rotatable bonds is 2. The minimum Gasteiger partial charge on any atom is -0.444 e. The zero-order valence-corrected chi connectivity index (χ0v) is 18.8. The lowest BCUT2D eigenvalue weighted by Gasteiger charge is -2.30. The van der Waals surface area contributed by atoms with Crippen LogP contribution in [0, 0.1) is 0 Å². The zero-order chi connectivity index (χ0) is 20.8. The van der Waals surface area contributed by atoms with Gasteiger partial charge in [0.15, 0.2) is 0 Å². The first-order chi connectivity index (χ1) is 13.7. The fourth-order valence-electron chi connectivity index (χ4n) is 3.91. The van der Waals surface area contributed by atoms with Crippen LogP contribution in [0.25, 0.3) is 22.0 Å². The van der Waals surface area contributed by atoms with Crippen LogP contribution in [0.3, 0.4) is 0 Å². The summed E-state index contributed by atoms with van der Waals surface area (Å²) in [7, 11) is 0. The number of halogens is 1. The van der Waals surface area contributed by atoms with Crippen LogP contribution in [0.5, 0.6) is 0 Å². The predicted molar refractivity (Wildman–Crippen MR) is 119 cm³/mol. The molecule has 1 fully saturated rings. The average Bonchev–Trinajstić information content (AvgIpc) is 3.26. The Bertz CT molecular complexity index is 1050. The number of benzene rings is 2. The Morgan fingerprint density at radius 1 is 1.17 bits per heavy atom. The molecule has 0 radical (unpaired) electrons. The normalized spacial score (nSPS) is 19.7. The highest BCUT2D eigenvalue weighted by Gasteiger charge is 2.39. The number of nitrogens with zero attached hydrogens (tertiary/aromatic N) is 2. The number of hydrogen-bond acceptors (Lipinski definition) is 3. The van der Waals surface area contributed by atoms with Gasteiger partial charge in [0.1, 0.15) is 11.4 Å². The lowest BCUT2D eigenvalue weighted by atomic mass is 10.1. The maximum Gasteiger partial charge on any atom is 0.411 e. The van der Waals surface area contributed by atoms with E-state index in [1.54, 1.807) is 0 Å². The number of imidazole rings is 1. The van der Waals surface area contributed by atoms with E-state index in [1.165, 1.54) is 10.8 Å². The van der Waals surface area contributed by atoms with Crippen molar-refractivity contribution in [3.63, 3.8) is 0 Å². The van der Waals surface area contributed by atoms with E-state index in [-0.39, 0.29) is 18.2 Å². The van der Waals surface area contributed by atoms with Crippen LogP contribution in [0.1, 0.15) is 52.4 Å². The van der Waals surface area contributed by atoms with Crippen LogP contribution in [0.15, 0.2) is 47.1 Å². The van der Waals surface area contributed by atoms with Crippen LogP contribution in [-0.2, 0) is 4.74 Å². The number of likely N-dealkylation sites (tertiary alicyclic amines) is 1. The molecule has 2 heterocycles. The molecule has 0 spiro atoms. The average molecular weight is 456 g/mol. The van der Waals surface area contributed by atoms with Crippen molar-refractivity contribution in [3.05, 3.63) is 52.9 Å². The second kappa shape index (κ2) is 7.48. The summed E-state index contributed by atoms with van der Waals surface area (Å²) in [6, 6.07) is 12.6. The number of ether oxygens (including phenoxy) is 1. The van der Waals surface area contributed by atoms with Gasteiger partial charge in [-0.2, -0.15) is 0 Å². The molecule has 1 aliphatic rings. The Balaban J connectivity index is 1.61. The second-order valence-electron chi connectivity index (χ2n) is 8.72. The number of aromatic amines is 1. The Hall–Kier alpha value is -2.34. The smallest absolute Gasteiger partial charge is 0.411 e. The van der Waals surface area contributed by atoms with Gasteiger partial charge in [-0.25, -0.2) is 9.78 Å². The highest BCUT2D eigenvalue weighted by Crippen LogP contribution is 2.37. The molecular weight excluding hydrogens is 430 g/mol. The quantitative estimate of drug-likeness (QED) is 0.482. The van der Waals surface area contributed by atoms with Gasteiger partial charge in [-0.15, -0.1) is 0 Å². The molecule has 1 N–H and O–H groups in total. The molecule has 3 aromatic rings. The summed E-state index contributed by atoms with van der Waals surface area (Å²) in [6.07, 6.45) is 3.39. The summed E-state index contributed by atoms with van der Waals surface area (Å²) in [5.41, 5.74) is 1.51. The third-order valence-electron chi connectivity index (χ3n) is 5.30. The Labute approximate surface area is 179 Å². The zero-order valence-electron chi connectivity index (χ0n) is 17.2. The molecule has 1 saturated heterocycles. The van der Waals surface area contributed by atoms with E-state index < -0.39 is 5.60 Å². The molecule has 0 aliphatic carbocycles. The van der Waals surface area contributed by atoms with E-state index in [0.29, 0.717) is 0 Å². The van der Waals surface area contributed by atoms with Crippen molar-refractivity contribution in [1.29, 1.82) is 0 Å². The summed E-state index contributed by atoms with van der Waals surface area (Å²) in [6.45, 7) is 7.74. The number of nitrogens with one attached hydrogen (secondary N) is 1. The van der Waals surface area contributed by atoms with Crippen molar-refractivity contribution in [1.82, 2.24) is 14.9 Å². The maximum absolute atomic E-state index is 12.8. The minimum atomic E-state index is -0.516. The van der Waals surface area contributed by atoms with Gasteiger partial charge in [0.25, 0.3) is 0 Å². The van der Waals surface area contributed by atoms with E-state index in [1.807, 2.05) is 37.9 Å². The molecule has 0 bridgehead atoms. The van der Waals surface area contributed by atoms with Crippen LogP contribution >= 0.6 is 15.9 Å². The van der Waals surface area contributed by atoms with E-state index in [2.05, 4.69) is 63.2 Å². The van der Waals surface area contributed by atoms with Crippen LogP contribution in [-0.4, -0.2) is 32.6 Å². The molecular formula is C23H26BrN3O2. The fraction of sp³-hybridized carbons (Fsp3) is 0.391. The Morgan fingerprint density at radius 2 is 1.90 bits per heavy atom. The number of H-pyrrole nitrogens is 1. The molecule has 1 unspecified atom stereocenters. The number of carbonyl (C=O) groups is 1. The van der Waals surface area contributed by atoms with Gasteiger partial charge in [-0.1, -0.05) is 34.1 Å². The fourth-order valence-corrected chi connectivity index (χ4v) is 4.29. The summed E-state index contributed by atoms with van der Waals surface area (Å²) in [5, 5.41) is 2.36. The SMILES string of the molecule is C[C@H]1CCC(c2ncc(-c3ccc4cc(Br)ccc4c3)[nH]2)N1C(=O)OC(C)(C)C. The monoisotopic (exact) mass is 455 g/mol. The molecule has 4 rings (SSSR count). The van der Waals surface area contributed by atoms with Crippen LogP contribution in [0.4, 0.5) is 4.79 Å². The molecule has 1 aromatic heterocycles. The van der Waals surface area contributed by atoms with Gasteiger partial charge < -0.3 is 9.72 Å². The topological polar surface area (TPSA) is 58.2 Å². The van der Waals surface area contributed by atoms with Gasteiger partial charge in [0.2, 0.25) is 0 Å². The van der Waals surface area contributed by atoms with Crippen molar-refractivity contribution in [2.24, 2.45) is 0 Å². The predicted octanol–water partition coefficient (Wildman–Crippen LogP) is 6.45. The van der Waals surface area contributed by atoms with Crippen molar-refractivity contribution in [2.75, 3.05) is 0 Å². The van der Waals surface area contributed by atoms with Gasteiger partial charge in [-0.05, 0) is 69.5 Å². The summed E-state index contributed by atoms with van der Waals surface area (Å²) < 4.78 is 6.70. The third-order valence-corrected chi connectivity index (χ3v) is 5.79. The largest absolute Gasteiger partial charge is 0.444 e.